The minimum absolute atomic E-state index is 0.153. The van der Waals surface area contributed by atoms with Gasteiger partial charge in [0.15, 0.2) is 0 Å². The third-order valence-corrected chi connectivity index (χ3v) is 2.36. The Hall–Kier alpha value is -1.40. The predicted molar refractivity (Wildman–Crippen MR) is 61.3 cm³/mol. The van der Waals surface area contributed by atoms with Crippen molar-refractivity contribution in [1.82, 2.24) is 9.88 Å². The van der Waals surface area contributed by atoms with Crippen LogP contribution in [0.25, 0.3) is 0 Å². The molecule has 5 nitrogen and oxygen atoms in total. The molecule has 0 fully saturated rings. The zero-order valence-corrected chi connectivity index (χ0v) is 9.42. The number of hydrogen-bond acceptors (Lipinski definition) is 4. The van der Waals surface area contributed by atoms with Crippen LogP contribution in [-0.2, 0) is 0 Å². The quantitative estimate of drug-likeness (QED) is 0.657. The molecule has 0 radical (unpaired) electrons. The lowest BCUT2D eigenvalue weighted by Crippen LogP contribution is -2.34. The molecule has 0 spiro atoms. The van der Waals surface area contributed by atoms with E-state index in [1.54, 1.807) is 4.90 Å². The van der Waals surface area contributed by atoms with E-state index < -0.39 is 7.12 Å². The molecule has 0 saturated heterocycles. The monoisotopic (exact) mass is 222 g/mol. The summed E-state index contributed by atoms with van der Waals surface area (Å²) in [5.74, 6) is -0.153. The lowest BCUT2D eigenvalue weighted by atomic mass is 9.81. The van der Waals surface area contributed by atoms with Crippen molar-refractivity contribution in [1.29, 1.82) is 0 Å². The highest BCUT2D eigenvalue weighted by molar-refractivity contribution is 6.58. The van der Waals surface area contributed by atoms with E-state index in [0.29, 0.717) is 18.7 Å². The minimum Gasteiger partial charge on any atom is -0.423 e. The molecule has 0 unspecified atom stereocenters. The minimum atomic E-state index is -1.60. The highest BCUT2D eigenvalue weighted by Crippen LogP contribution is 2.01. The molecule has 1 amide bonds. The maximum Gasteiger partial charge on any atom is 0.490 e. The van der Waals surface area contributed by atoms with Gasteiger partial charge in [0, 0.05) is 30.9 Å². The second-order valence-electron chi connectivity index (χ2n) is 3.36. The van der Waals surface area contributed by atoms with Gasteiger partial charge in [0.25, 0.3) is 5.91 Å². The second kappa shape index (κ2) is 5.62. The highest BCUT2D eigenvalue weighted by atomic mass is 16.4. The fourth-order valence-electron chi connectivity index (χ4n) is 1.41. The maximum absolute atomic E-state index is 11.9. The van der Waals surface area contributed by atoms with Gasteiger partial charge in [0.2, 0.25) is 0 Å². The van der Waals surface area contributed by atoms with Crippen LogP contribution in [0.4, 0.5) is 0 Å². The van der Waals surface area contributed by atoms with E-state index in [-0.39, 0.29) is 11.4 Å². The smallest absolute Gasteiger partial charge is 0.423 e. The zero-order valence-electron chi connectivity index (χ0n) is 9.42. The Labute approximate surface area is 94.9 Å². The average Bonchev–Trinajstić information content (AvgIpc) is 2.30. The van der Waals surface area contributed by atoms with Crippen molar-refractivity contribution in [3.8, 4) is 0 Å². The first kappa shape index (κ1) is 12.7. The molecule has 16 heavy (non-hydrogen) atoms. The molecular weight excluding hydrogens is 207 g/mol. The Morgan fingerprint density at radius 1 is 1.38 bits per heavy atom. The molecule has 1 rings (SSSR count). The first-order valence-electron chi connectivity index (χ1n) is 5.20. The van der Waals surface area contributed by atoms with Crippen molar-refractivity contribution in [2.75, 3.05) is 13.1 Å². The normalized spacial score (nSPS) is 10.0. The Bertz CT molecular complexity index is 367. The molecule has 0 aromatic carbocycles. The zero-order chi connectivity index (χ0) is 12.1. The maximum atomic E-state index is 11.9. The van der Waals surface area contributed by atoms with Gasteiger partial charge in [-0.25, -0.2) is 0 Å². The van der Waals surface area contributed by atoms with Gasteiger partial charge in [-0.2, -0.15) is 0 Å². The predicted octanol–water partition coefficient (Wildman–Crippen LogP) is -0.757. The topological polar surface area (TPSA) is 73.7 Å². The summed E-state index contributed by atoms with van der Waals surface area (Å²) in [6.07, 6.45) is 2.75. The third kappa shape index (κ3) is 2.80. The number of amides is 1. The Morgan fingerprint density at radius 2 is 2.00 bits per heavy atom. The van der Waals surface area contributed by atoms with E-state index in [4.69, 9.17) is 10.0 Å². The molecule has 1 aromatic rings. The van der Waals surface area contributed by atoms with Crippen molar-refractivity contribution in [3.05, 3.63) is 24.0 Å². The van der Waals surface area contributed by atoms with Crippen LogP contribution in [0.2, 0.25) is 0 Å². The second-order valence-corrected chi connectivity index (χ2v) is 3.36. The number of hydrogen-bond donors (Lipinski definition) is 2. The molecule has 1 heterocycles. The molecule has 1 aromatic heterocycles. The van der Waals surface area contributed by atoms with Crippen LogP contribution in [0, 0.1) is 0 Å². The van der Waals surface area contributed by atoms with Crippen LogP contribution in [0.5, 0.6) is 0 Å². The van der Waals surface area contributed by atoms with Gasteiger partial charge in [-0.05, 0) is 19.9 Å². The summed E-state index contributed by atoms with van der Waals surface area (Å²) in [6.45, 7) is 5.00. The average molecular weight is 222 g/mol. The first-order chi connectivity index (χ1) is 7.60. The molecule has 0 atom stereocenters. The van der Waals surface area contributed by atoms with Crippen molar-refractivity contribution in [3.63, 3.8) is 0 Å². The number of carbonyl (C=O) groups is 1. The lowest BCUT2D eigenvalue weighted by Gasteiger charge is -2.18. The van der Waals surface area contributed by atoms with E-state index in [2.05, 4.69) is 4.98 Å². The van der Waals surface area contributed by atoms with E-state index in [0.717, 1.165) is 0 Å². The molecule has 0 aliphatic rings. The molecule has 0 aliphatic heterocycles. The number of pyridine rings is 1. The van der Waals surface area contributed by atoms with Gasteiger partial charge in [0.1, 0.15) is 0 Å². The van der Waals surface area contributed by atoms with Crippen LogP contribution in [0.15, 0.2) is 18.5 Å². The Balaban J connectivity index is 2.95. The standard InChI is InChI=1S/C10H15BN2O3/c1-3-13(4-2)10(14)8-5-9(11(15)16)7-12-6-8/h5-7,15-16H,3-4H2,1-2H3. The van der Waals surface area contributed by atoms with Crippen molar-refractivity contribution in [2.45, 2.75) is 13.8 Å². The highest BCUT2D eigenvalue weighted by Gasteiger charge is 2.17. The fraction of sp³-hybridized carbons (Fsp3) is 0.400. The van der Waals surface area contributed by atoms with Crippen LogP contribution in [0.3, 0.4) is 0 Å². The van der Waals surface area contributed by atoms with Gasteiger partial charge < -0.3 is 14.9 Å². The van der Waals surface area contributed by atoms with E-state index in [9.17, 15) is 4.79 Å². The van der Waals surface area contributed by atoms with Crippen molar-refractivity contribution in [2.24, 2.45) is 0 Å². The van der Waals surface area contributed by atoms with Gasteiger partial charge in [-0.1, -0.05) is 0 Å². The number of aromatic nitrogens is 1. The number of nitrogens with zero attached hydrogens (tertiary/aromatic N) is 2. The van der Waals surface area contributed by atoms with Crippen LogP contribution in [-0.4, -0.2) is 46.0 Å². The van der Waals surface area contributed by atoms with Gasteiger partial charge >= 0.3 is 7.12 Å². The molecule has 86 valence electrons. The lowest BCUT2D eigenvalue weighted by molar-refractivity contribution is 0.0772. The summed E-state index contributed by atoms with van der Waals surface area (Å²) in [5, 5.41) is 17.9. The fourth-order valence-corrected chi connectivity index (χ4v) is 1.41. The SMILES string of the molecule is CCN(CC)C(=O)c1cncc(B(O)O)c1. The summed E-state index contributed by atoms with van der Waals surface area (Å²) < 4.78 is 0. The van der Waals surface area contributed by atoms with Gasteiger partial charge in [0.05, 0.1) is 5.56 Å². The van der Waals surface area contributed by atoms with E-state index in [1.165, 1.54) is 18.5 Å². The summed E-state index contributed by atoms with van der Waals surface area (Å²) in [7, 11) is -1.60. The van der Waals surface area contributed by atoms with Crippen molar-refractivity contribution >= 4 is 18.5 Å². The van der Waals surface area contributed by atoms with E-state index in [1.807, 2.05) is 13.8 Å². The molecule has 0 bridgehead atoms. The first-order valence-corrected chi connectivity index (χ1v) is 5.20. The summed E-state index contributed by atoms with van der Waals surface area (Å²) in [4.78, 5) is 17.4. The van der Waals surface area contributed by atoms with E-state index >= 15 is 0 Å². The molecule has 0 saturated carbocycles. The molecule has 0 aliphatic carbocycles. The van der Waals surface area contributed by atoms with Crippen molar-refractivity contribution < 1.29 is 14.8 Å². The van der Waals surface area contributed by atoms with Gasteiger partial charge in [-0.3, -0.25) is 9.78 Å². The summed E-state index contributed by atoms with van der Waals surface area (Å²) in [5.41, 5.74) is 0.590. The van der Waals surface area contributed by atoms with Crippen LogP contribution >= 0.6 is 0 Å². The van der Waals surface area contributed by atoms with Crippen LogP contribution < -0.4 is 5.46 Å². The third-order valence-electron chi connectivity index (χ3n) is 2.36. The number of rotatable bonds is 4. The Morgan fingerprint density at radius 3 is 2.50 bits per heavy atom. The molecule has 2 N–H and O–H groups in total. The van der Waals surface area contributed by atoms with Gasteiger partial charge in [-0.15, -0.1) is 0 Å². The molecular formula is C10H15BN2O3. The Kier molecular flexibility index (Phi) is 4.45. The summed E-state index contributed by atoms with van der Waals surface area (Å²) >= 11 is 0. The van der Waals surface area contributed by atoms with Crippen LogP contribution in [0.1, 0.15) is 24.2 Å². The number of carbonyl (C=O) groups excluding carboxylic acids is 1. The molecule has 6 heteroatoms. The summed E-state index contributed by atoms with van der Waals surface area (Å²) in [6, 6.07) is 1.44. The largest absolute Gasteiger partial charge is 0.490 e.